The highest BCUT2D eigenvalue weighted by Crippen LogP contribution is 2.33. The fourth-order valence-electron chi connectivity index (χ4n) is 3.10. The topological polar surface area (TPSA) is 55.2 Å². The summed E-state index contributed by atoms with van der Waals surface area (Å²) in [4.78, 5) is 4.38. The SMILES string of the molecule is Cn1ccnc1-c1ccc(S(=O)(=O)N(c2ccc(F)cc2)c2ccc(Cl)cc2)cc1. The van der Waals surface area contributed by atoms with Gasteiger partial charge >= 0.3 is 0 Å². The number of hydrogen-bond donors (Lipinski definition) is 0. The molecule has 0 amide bonds. The maximum Gasteiger partial charge on any atom is 0.268 e. The van der Waals surface area contributed by atoms with Gasteiger partial charge in [-0.15, -0.1) is 0 Å². The van der Waals surface area contributed by atoms with Crippen LogP contribution in [0.4, 0.5) is 15.8 Å². The van der Waals surface area contributed by atoms with Crippen LogP contribution in [0.5, 0.6) is 0 Å². The van der Waals surface area contributed by atoms with Crippen LogP contribution in [0.2, 0.25) is 5.02 Å². The molecule has 0 saturated heterocycles. The third-order valence-corrected chi connectivity index (χ3v) is 6.62. The molecule has 0 radical (unpaired) electrons. The summed E-state index contributed by atoms with van der Waals surface area (Å²) in [6.07, 6.45) is 3.49. The Morgan fingerprint density at radius 3 is 2.00 bits per heavy atom. The molecule has 4 rings (SSSR count). The summed E-state index contributed by atoms with van der Waals surface area (Å²) in [5.41, 5.74) is 1.49. The summed E-state index contributed by atoms with van der Waals surface area (Å²) in [6.45, 7) is 0. The van der Waals surface area contributed by atoms with E-state index in [1.807, 2.05) is 17.8 Å². The largest absolute Gasteiger partial charge is 0.334 e. The lowest BCUT2D eigenvalue weighted by molar-refractivity contribution is 0.596. The smallest absolute Gasteiger partial charge is 0.268 e. The summed E-state index contributed by atoms with van der Waals surface area (Å²) in [7, 11) is -2.12. The van der Waals surface area contributed by atoms with E-state index >= 15 is 0 Å². The van der Waals surface area contributed by atoms with Crippen molar-refractivity contribution in [3.63, 3.8) is 0 Å². The van der Waals surface area contributed by atoms with Crippen LogP contribution in [-0.4, -0.2) is 18.0 Å². The Balaban J connectivity index is 1.80. The normalized spacial score (nSPS) is 11.4. The average Bonchev–Trinajstić information content (AvgIpc) is 3.17. The summed E-state index contributed by atoms with van der Waals surface area (Å²) in [6, 6.07) is 18.2. The summed E-state index contributed by atoms with van der Waals surface area (Å²) >= 11 is 5.97. The van der Waals surface area contributed by atoms with Gasteiger partial charge in [-0.25, -0.2) is 22.1 Å². The number of imidazole rings is 1. The maximum absolute atomic E-state index is 13.5. The highest BCUT2D eigenvalue weighted by Gasteiger charge is 2.27. The molecule has 0 N–H and O–H groups in total. The molecule has 0 aliphatic heterocycles. The van der Waals surface area contributed by atoms with Gasteiger partial charge in [0.2, 0.25) is 0 Å². The van der Waals surface area contributed by atoms with E-state index in [4.69, 9.17) is 11.6 Å². The molecular formula is C22H17ClFN3O2S. The predicted octanol–water partition coefficient (Wildman–Crippen LogP) is 5.41. The van der Waals surface area contributed by atoms with E-state index in [1.165, 1.54) is 40.7 Å². The fraction of sp³-hybridized carbons (Fsp3) is 0.0455. The van der Waals surface area contributed by atoms with E-state index in [-0.39, 0.29) is 4.90 Å². The van der Waals surface area contributed by atoms with Crippen molar-refractivity contribution in [2.75, 3.05) is 4.31 Å². The highest BCUT2D eigenvalue weighted by molar-refractivity contribution is 7.93. The van der Waals surface area contributed by atoms with Crippen LogP contribution in [-0.2, 0) is 17.1 Å². The first-order valence-corrected chi connectivity index (χ1v) is 10.8. The lowest BCUT2D eigenvalue weighted by Gasteiger charge is -2.25. The molecule has 0 aliphatic carbocycles. The van der Waals surface area contributed by atoms with Crippen molar-refractivity contribution < 1.29 is 12.8 Å². The Bertz CT molecular complexity index is 1220. The fourth-order valence-corrected chi connectivity index (χ4v) is 4.72. The molecule has 4 aromatic rings. The Morgan fingerprint density at radius 1 is 0.900 bits per heavy atom. The molecule has 8 heteroatoms. The van der Waals surface area contributed by atoms with E-state index < -0.39 is 15.8 Å². The molecule has 30 heavy (non-hydrogen) atoms. The van der Waals surface area contributed by atoms with Gasteiger partial charge in [0.1, 0.15) is 11.6 Å². The number of nitrogens with zero attached hydrogens (tertiary/aromatic N) is 3. The number of halogens is 2. The molecular weight excluding hydrogens is 425 g/mol. The molecule has 0 spiro atoms. The van der Waals surface area contributed by atoms with Crippen LogP contribution in [0.25, 0.3) is 11.4 Å². The Hall–Kier alpha value is -3.16. The quantitative estimate of drug-likeness (QED) is 0.416. The first-order valence-electron chi connectivity index (χ1n) is 9.00. The summed E-state index contributed by atoms with van der Waals surface area (Å²) in [5, 5.41) is 0.481. The van der Waals surface area contributed by atoms with E-state index in [0.717, 1.165) is 11.4 Å². The number of rotatable bonds is 5. The van der Waals surface area contributed by atoms with Crippen LogP contribution >= 0.6 is 11.6 Å². The first-order chi connectivity index (χ1) is 14.4. The number of aromatic nitrogens is 2. The molecule has 1 heterocycles. The van der Waals surface area contributed by atoms with Crippen LogP contribution in [0.3, 0.4) is 0 Å². The van der Waals surface area contributed by atoms with Gasteiger partial charge in [-0.1, -0.05) is 11.6 Å². The van der Waals surface area contributed by atoms with Gasteiger partial charge in [0, 0.05) is 30.0 Å². The number of hydrogen-bond acceptors (Lipinski definition) is 3. The van der Waals surface area contributed by atoms with Gasteiger partial charge in [0.25, 0.3) is 10.0 Å². The van der Waals surface area contributed by atoms with E-state index in [1.54, 1.807) is 42.6 Å². The van der Waals surface area contributed by atoms with Crippen LogP contribution in [0.15, 0.2) is 90.1 Å². The van der Waals surface area contributed by atoms with Crippen LogP contribution in [0, 0.1) is 5.82 Å². The number of sulfonamides is 1. The average molecular weight is 442 g/mol. The molecule has 152 valence electrons. The number of aryl methyl sites for hydroxylation is 1. The van der Waals surface area contributed by atoms with Gasteiger partial charge in [-0.3, -0.25) is 0 Å². The van der Waals surface area contributed by atoms with Gasteiger partial charge in [-0.05, 0) is 72.8 Å². The monoisotopic (exact) mass is 441 g/mol. The summed E-state index contributed by atoms with van der Waals surface area (Å²) in [5.74, 6) is 0.277. The van der Waals surface area contributed by atoms with Crippen molar-refractivity contribution in [1.82, 2.24) is 9.55 Å². The van der Waals surface area contributed by atoms with Gasteiger partial charge < -0.3 is 4.57 Å². The Labute approximate surface area is 179 Å². The Morgan fingerprint density at radius 2 is 1.47 bits per heavy atom. The lowest BCUT2D eigenvalue weighted by atomic mass is 10.2. The molecule has 0 aliphatic rings. The second-order valence-corrected chi connectivity index (χ2v) is 8.83. The van der Waals surface area contributed by atoms with E-state index in [9.17, 15) is 12.8 Å². The molecule has 0 fully saturated rings. The van der Waals surface area contributed by atoms with Crippen molar-refractivity contribution in [2.24, 2.45) is 7.05 Å². The second-order valence-electron chi connectivity index (χ2n) is 6.61. The molecule has 0 saturated carbocycles. The van der Waals surface area contributed by atoms with Crippen molar-refractivity contribution in [2.45, 2.75) is 4.90 Å². The highest BCUT2D eigenvalue weighted by atomic mass is 35.5. The first kappa shape index (κ1) is 20.1. The van der Waals surface area contributed by atoms with Crippen LogP contribution in [0.1, 0.15) is 0 Å². The summed E-state index contributed by atoms with van der Waals surface area (Å²) < 4.78 is 43.6. The minimum Gasteiger partial charge on any atom is -0.334 e. The molecule has 0 unspecified atom stereocenters. The molecule has 5 nitrogen and oxygen atoms in total. The number of benzene rings is 3. The minimum absolute atomic E-state index is 0.0970. The zero-order chi connectivity index (χ0) is 21.3. The maximum atomic E-state index is 13.5. The van der Waals surface area contributed by atoms with E-state index in [0.29, 0.717) is 16.4 Å². The molecule has 0 atom stereocenters. The van der Waals surface area contributed by atoms with Gasteiger partial charge in [0.05, 0.1) is 16.3 Å². The van der Waals surface area contributed by atoms with Gasteiger partial charge in [0.15, 0.2) is 0 Å². The third-order valence-electron chi connectivity index (χ3n) is 4.59. The second kappa shape index (κ2) is 7.93. The zero-order valence-electron chi connectivity index (χ0n) is 15.9. The van der Waals surface area contributed by atoms with Crippen LogP contribution < -0.4 is 4.31 Å². The lowest BCUT2D eigenvalue weighted by Crippen LogP contribution is -2.26. The molecule has 3 aromatic carbocycles. The van der Waals surface area contributed by atoms with Crippen molar-refractivity contribution in [1.29, 1.82) is 0 Å². The molecule has 0 bridgehead atoms. The van der Waals surface area contributed by atoms with Gasteiger partial charge in [-0.2, -0.15) is 0 Å². The zero-order valence-corrected chi connectivity index (χ0v) is 17.5. The Kier molecular flexibility index (Phi) is 5.32. The van der Waals surface area contributed by atoms with Crippen molar-refractivity contribution in [3.8, 4) is 11.4 Å². The van der Waals surface area contributed by atoms with Crippen molar-refractivity contribution in [3.05, 3.63) is 96.0 Å². The third kappa shape index (κ3) is 3.81. The van der Waals surface area contributed by atoms with E-state index in [2.05, 4.69) is 4.98 Å². The minimum atomic E-state index is -3.99. The molecule has 1 aromatic heterocycles. The van der Waals surface area contributed by atoms with Crippen molar-refractivity contribution >= 4 is 33.0 Å². The predicted molar refractivity (Wildman–Crippen MR) is 116 cm³/mol. The standard InChI is InChI=1S/C22H17ClFN3O2S/c1-26-15-14-25-22(26)16-2-12-21(13-3-16)30(28,29)27(19-8-4-17(23)5-9-19)20-10-6-18(24)7-11-20/h2-15H,1H3. The number of anilines is 2.